The Morgan fingerprint density at radius 1 is 1.12 bits per heavy atom. The maximum absolute atomic E-state index is 6.10. The van der Waals surface area contributed by atoms with E-state index >= 15 is 0 Å². The van der Waals surface area contributed by atoms with Gasteiger partial charge in [-0.25, -0.2) is 0 Å². The Hall–Kier alpha value is -2.07. The molecular weight excluding hydrogens is 328 g/mol. The molecule has 2 heterocycles. The number of allylic oxidation sites excluding steroid dienone is 2. The third-order valence-electron chi connectivity index (χ3n) is 4.89. The molecule has 0 atom stereocenters. The highest BCUT2D eigenvalue weighted by Crippen LogP contribution is 2.40. The van der Waals surface area contributed by atoms with E-state index in [-0.39, 0.29) is 0 Å². The summed E-state index contributed by atoms with van der Waals surface area (Å²) in [5.41, 5.74) is 5.08. The Kier molecular flexibility index (Phi) is 5.00. The Labute approximate surface area is 154 Å². The monoisotopic (exact) mass is 355 g/mol. The molecule has 0 saturated carbocycles. The van der Waals surface area contributed by atoms with Crippen molar-refractivity contribution in [3.63, 3.8) is 0 Å². The van der Waals surface area contributed by atoms with Gasteiger partial charge in [0, 0.05) is 19.5 Å². The van der Waals surface area contributed by atoms with E-state index in [9.17, 15) is 0 Å². The number of aromatic nitrogens is 1. The van der Waals surface area contributed by atoms with E-state index in [2.05, 4.69) is 81.4 Å². The fraction of sp³-hybridized carbons (Fsp3) is 0.381. The molecule has 0 spiro atoms. The van der Waals surface area contributed by atoms with Crippen molar-refractivity contribution < 1.29 is 9.30 Å². The van der Waals surface area contributed by atoms with E-state index in [1.165, 1.54) is 26.7 Å². The minimum atomic E-state index is 0.890. The highest BCUT2D eigenvalue weighted by atomic mass is 32.1. The molecule has 4 heteroatoms. The number of rotatable bonds is 4. The van der Waals surface area contributed by atoms with Crippen molar-refractivity contribution in [2.24, 2.45) is 0 Å². The van der Waals surface area contributed by atoms with Crippen LogP contribution in [0.3, 0.4) is 0 Å². The predicted molar refractivity (Wildman–Crippen MR) is 106 cm³/mol. The molecule has 0 fully saturated rings. The van der Waals surface area contributed by atoms with Crippen LogP contribution in [0, 0.1) is 27.7 Å². The number of ether oxygens (including phenoxy) is 1. The summed E-state index contributed by atoms with van der Waals surface area (Å²) in [7, 11) is 0. The maximum Gasteiger partial charge on any atom is 0.262 e. The zero-order valence-electron chi connectivity index (χ0n) is 16.0. The molecule has 0 N–H and O–H groups in total. The van der Waals surface area contributed by atoms with Gasteiger partial charge in [0.05, 0.1) is 10.6 Å². The summed E-state index contributed by atoms with van der Waals surface area (Å²) in [6.45, 7) is 14.9. The Morgan fingerprint density at radius 3 is 2.52 bits per heavy atom. The summed E-state index contributed by atoms with van der Waals surface area (Å²) < 4.78 is 8.45. The summed E-state index contributed by atoms with van der Waals surface area (Å²) in [4.78, 5) is 3.60. The van der Waals surface area contributed by atoms with Crippen molar-refractivity contribution >= 4 is 23.1 Å². The second-order valence-electron chi connectivity index (χ2n) is 6.44. The highest BCUT2D eigenvalue weighted by molar-refractivity contribution is 7.12. The average Bonchev–Trinajstić information content (AvgIpc) is 3.05. The lowest BCUT2D eigenvalue weighted by Gasteiger charge is -2.15. The van der Waals surface area contributed by atoms with E-state index in [1.807, 2.05) is 11.3 Å². The van der Waals surface area contributed by atoms with E-state index < -0.39 is 0 Å². The van der Waals surface area contributed by atoms with Crippen LogP contribution >= 0.6 is 11.3 Å². The second-order valence-corrected chi connectivity index (χ2v) is 7.68. The number of hydrogen-bond acceptors (Lipinski definition) is 3. The fourth-order valence-corrected chi connectivity index (χ4v) is 4.27. The molecule has 25 heavy (non-hydrogen) atoms. The molecule has 0 aliphatic carbocycles. The average molecular weight is 356 g/mol. The molecule has 1 aliphatic heterocycles. The van der Waals surface area contributed by atoms with Crippen LogP contribution in [0.25, 0.3) is 6.08 Å². The minimum Gasteiger partial charge on any atom is -0.439 e. The van der Waals surface area contributed by atoms with E-state index in [0.717, 1.165) is 30.4 Å². The molecule has 0 saturated heterocycles. The number of nitrogens with zero attached hydrogens (tertiary/aromatic N) is 2. The summed E-state index contributed by atoms with van der Waals surface area (Å²) in [5, 5.41) is 1.28. The zero-order valence-corrected chi connectivity index (χ0v) is 16.8. The predicted octanol–water partition coefficient (Wildman–Crippen LogP) is 5.06. The van der Waals surface area contributed by atoms with Crippen LogP contribution in [0.4, 0.5) is 5.69 Å². The quantitative estimate of drug-likeness (QED) is 0.713. The van der Waals surface area contributed by atoms with Gasteiger partial charge in [-0.3, -0.25) is 0 Å². The van der Waals surface area contributed by atoms with Crippen molar-refractivity contribution in [1.29, 1.82) is 0 Å². The standard InChI is InChI=1S/C21H27N2OS/c1-7-22-16(5)17(6)25-21(22)11-9-10-20-23(8-2)18-12-14(3)15(4)13-19(18)24-20/h9-13H,7-8H2,1-6H3/q+1. The number of fused-ring (bicyclic) bond motifs is 1. The molecule has 132 valence electrons. The van der Waals surface area contributed by atoms with E-state index in [4.69, 9.17) is 4.74 Å². The lowest BCUT2D eigenvalue weighted by Crippen LogP contribution is -2.36. The summed E-state index contributed by atoms with van der Waals surface area (Å²) in [6.07, 6.45) is 6.34. The molecule has 1 aromatic carbocycles. The first-order valence-electron chi connectivity index (χ1n) is 8.91. The molecule has 0 bridgehead atoms. The molecule has 1 aromatic heterocycles. The first-order chi connectivity index (χ1) is 12.0. The topological polar surface area (TPSA) is 16.4 Å². The van der Waals surface area contributed by atoms with Gasteiger partial charge in [-0.15, -0.1) is 0 Å². The molecular formula is C21H27N2OS+. The van der Waals surface area contributed by atoms with Gasteiger partial charge in [0.25, 0.3) is 5.01 Å². The second kappa shape index (κ2) is 7.04. The van der Waals surface area contributed by atoms with Crippen LogP contribution in [0.15, 0.2) is 30.2 Å². The summed E-state index contributed by atoms with van der Waals surface area (Å²) >= 11 is 1.84. The van der Waals surface area contributed by atoms with Gasteiger partial charge in [0.2, 0.25) is 5.88 Å². The van der Waals surface area contributed by atoms with E-state index in [1.54, 1.807) is 0 Å². The van der Waals surface area contributed by atoms with Gasteiger partial charge in [0.1, 0.15) is 6.54 Å². The van der Waals surface area contributed by atoms with Gasteiger partial charge < -0.3 is 9.64 Å². The zero-order chi connectivity index (χ0) is 18.1. The Morgan fingerprint density at radius 2 is 1.84 bits per heavy atom. The maximum atomic E-state index is 6.10. The number of thiazole rings is 1. The van der Waals surface area contributed by atoms with Crippen molar-refractivity contribution in [1.82, 2.24) is 0 Å². The molecule has 2 aromatic rings. The third-order valence-corrected chi connectivity index (χ3v) is 6.06. The van der Waals surface area contributed by atoms with Crippen LogP contribution in [-0.2, 0) is 6.54 Å². The lowest BCUT2D eigenvalue weighted by atomic mass is 10.1. The van der Waals surface area contributed by atoms with Crippen molar-refractivity contribution in [3.8, 4) is 5.75 Å². The fourth-order valence-electron chi connectivity index (χ4n) is 3.17. The first kappa shape index (κ1) is 17.7. The first-order valence-corrected chi connectivity index (χ1v) is 9.72. The van der Waals surface area contributed by atoms with Gasteiger partial charge in [0.15, 0.2) is 11.4 Å². The lowest BCUT2D eigenvalue weighted by molar-refractivity contribution is -0.696. The smallest absolute Gasteiger partial charge is 0.262 e. The van der Waals surface area contributed by atoms with E-state index in [0.29, 0.717) is 0 Å². The molecule has 3 rings (SSSR count). The van der Waals surface area contributed by atoms with Crippen molar-refractivity contribution in [2.75, 3.05) is 11.4 Å². The molecule has 0 radical (unpaired) electrons. The largest absolute Gasteiger partial charge is 0.439 e. The van der Waals surface area contributed by atoms with Gasteiger partial charge in [-0.05, 0) is 70.0 Å². The highest BCUT2D eigenvalue weighted by Gasteiger charge is 2.25. The van der Waals surface area contributed by atoms with Gasteiger partial charge in [-0.2, -0.15) is 4.57 Å². The van der Waals surface area contributed by atoms with Crippen molar-refractivity contribution in [2.45, 2.75) is 48.1 Å². The van der Waals surface area contributed by atoms with Crippen LogP contribution in [0.2, 0.25) is 0 Å². The summed E-state index contributed by atoms with van der Waals surface area (Å²) in [6, 6.07) is 4.35. The van der Waals surface area contributed by atoms with Crippen LogP contribution in [-0.4, -0.2) is 6.54 Å². The molecule has 3 nitrogen and oxygen atoms in total. The number of anilines is 1. The molecule has 1 aliphatic rings. The van der Waals surface area contributed by atoms with Gasteiger partial charge in [-0.1, -0.05) is 11.3 Å². The van der Waals surface area contributed by atoms with Gasteiger partial charge >= 0.3 is 0 Å². The Bertz CT molecular complexity index is 861. The molecule has 0 amide bonds. The Balaban J connectivity index is 1.88. The SMILES string of the molecule is CCN1/C(=C/C=C/c2sc(C)c(C)[n+]2CC)Oc2cc(C)c(C)cc21. The van der Waals surface area contributed by atoms with Crippen LogP contribution < -0.4 is 14.2 Å². The van der Waals surface area contributed by atoms with Crippen LogP contribution in [0.1, 0.15) is 40.6 Å². The number of aryl methyl sites for hydroxylation is 3. The number of hydrogen-bond donors (Lipinski definition) is 0. The third kappa shape index (κ3) is 3.23. The minimum absolute atomic E-state index is 0.890. The van der Waals surface area contributed by atoms with Crippen LogP contribution in [0.5, 0.6) is 5.75 Å². The normalized spacial score (nSPS) is 15.3. The number of benzene rings is 1. The van der Waals surface area contributed by atoms with Crippen molar-refractivity contribution in [3.05, 3.63) is 56.9 Å². The molecule has 0 unspecified atom stereocenters. The summed E-state index contributed by atoms with van der Waals surface area (Å²) in [5.74, 6) is 1.85.